The SMILES string of the molecule is CC(CCO)CNC1CCCCC1C1CCCCN1. The molecule has 3 N–H and O–H groups in total. The van der Waals surface area contributed by atoms with Crippen molar-refractivity contribution >= 4 is 0 Å². The van der Waals surface area contributed by atoms with E-state index in [1.807, 2.05) is 0 Å². The fraction of sp³-hybridized carbons (Fsp3) is 1.00. The summed E-state index contributed by atoms with van der Waals surface area (Å²) in [6.45, 7) is 4.84. The molecule has 0 aromatic rings. The van der Waals surface area contributed by atoms with Gasteiger partial charge in [0.1, 0.15) is 0 Å². The van der Waals surface area contributed by atoms with Crippen LogP contribution in [0.1, 0.15) is 58.3 Å². The van der Waals surface area contributed by atoms with E-state index < -0.39 is 0 Å². The molecule has 0 radical (unpaired) electrons. The molecule has 1 aliphatic carbocycles. The minimum absolute atomic E-state index is 0.321. The van der Waals surface area contributed by atoms with E-state index in [0.29, 0.717) is 18.6 Å². The topological polar surface area (TPSA) is 44.3 Å². The van der Waals surface area contributed by atoms with Gasteiger partial charge in [-0.25, -0.2) is 0 Å². The van der Waals surface area contributed by atoms with Crippen molar-refractivity contribution in [3.05, 3.63) is 0 Å². The summed E-state index contributed by atoms with van der Waals surface area (Å²) >= 11 is 0. The molecule has 1 saturated heterocycles. The van der Waals surface area contributed by atoms with E-state index in [-0.39, 0.29) is 0 Å². The van der Waals surface area contributed by atoms with Gasteiger partial charge in [0.2, 0.25) is 0 Å². The van der Waals surface area contributed by atoms with Crippen LogP contribution in [0.3, 0.4) is 0 Å². The number of hydrogen-bond acceptors (Lipinski definition) is 3. The average Bonchev–Trinajstić information content (AvgIpc) is 2.47. The lowest BCUT2D eigenvalue weighted by atomic mass is 9.77. The zero-order valence-electron chi connectivity index (χ0n) is 12.5. The zero-order chi connectivity index (χ0) is 13.5. The first-order valence-corrected chi connectivity index (χ1v) is 8.39. The molecule has 1 saturated carbocycles. The van der Waals surface area contributed by atoms with E-state index in [0.717, 1.165) is 24.9 Å². The molecule has 0 aromatic heterocycles. The highest BCUT2D eigenvalue weighted by atomic mass is 16.3. The van der Waals surface area contributed by atoms with Crippen LogP contribution in [0.4, 0.5) is 0 Å². The van der Waals surface area contributed by atoms with Crippen LogP contribution in [0.5, 0.6) is 0 Å². The van der Waals surface area contributed by atoms with Crippen molar-refractivity contribution in [1.29, 1.82) is 0 Å². The Morgan fingerprint density at radius 3 is 2.68 bits per heavy atom. The number of aliphatic hydroxyl groups excluding tert-OH is 1. The molecule has 112 valence electrons. The van der Waals surface area contributed by atoms with E-state index in [1.165, 1.54) is 51.5 Å². The number of piperidine rings is 1. The molecule has 3 nitrogen and oxygen atoms in total. The summed E-state index contributed by atoms with van der Waals surface area (Å²) in [4.78, 5) is 0. The van der Waals surface area contributed by atoms with Gasteiger partial charge in [0, 0.05) is 18.7 Å². The number of nitrogens with one attached hydrogen (secondary N) is 2. The predicted molar refractivity (Wildman–Crippen MR) is 80.3 cm³/mol. The highest BCUT2D eigenvalue weighted by Gasteiger charge is 2.32. The van der Waals surface area contributed by atoms with Gasteiger partial charge in [-0.1, -0.05) is 26.2 Å². The summed E-state index contributed by atoms with van der Waals surface area (Å²) in [7, 11) is 0. The van der Waals surface area contributed by atoms with Crippen molar-refractivity contribution < 1.29 is 5.11 Å². The maximum atomic E-state index is 8.99. The molecule has 19 heavy (non-hydrogen) atoms. The lowest BCUT2D eigenvalue weighted by molar-refractivity contribution is 0.175. The normalized spacial score (nSPS) is 34.1. The van der Waals surface area contributed by atoms with Crippen molar-refractivity contribution in [3.63, 3.8) is 0 Å². The van der Waals surface area contributed by atoms with Crippen LogP contribution in [0.2, 0.25) is 0 Å². The maximum absolute atomic E-state index is 8.99. The summed E-state index contributed by atoms with van der Waals surface area (Å²) in [6, 6.07) is 1.45. The third kappa shape index (κ3) is 4.73. The fourth-order valence-electron chi connectivity index (χ4n) is 3.81. The van der Waals surface area contributed by atoms with Crippen molar-refractivity contribution in [3.8, 4) is 0 Å². The molecule has 0 bridgehead atoms. The Morgan fingerprint density at radius 1 is 1.16 bits per heavy atom. The molecular weight excluding hydrogens is 236 g/mol. The molecule has 4 atom stereocenters. The Bertz CT molecular complexity index is 241. The van der Waals surface area contributed by atoms with Gasteiger partial charge in [-0.3, -0.25) is 0 Å². The van der Waals surface area contributed by atoms with Crippen LogP contribution in [-0.4, -0.2) is 36.9 Å². The van der Waals surface area contributed by atoms with Gasteiger partial charge in [0.05, 0.1) is 0 Å². The van der Waals surface area contributed by atoms with Crippen LogP contribution in [0.15, 0.2) is 0 Å². The van der Waals surface area contributed by atoms with Crippen LogP contribution in [-0.2, 0) is 0 Å². The summed E-state index contributed by atoms with van der Waals surface area (Å²) in [5.74, 6) is 1.42. The summed E-state index contributed by atoms with van der Waals surface area (Å²) in [5.41, 5.74) is 0. The standard InChI is InChI=1S/C16H32N2O/c1-13(9-11-19)12-18-16-7-3-2-6-14(16)15-8-4-5-10-17-15/h13-19H,2-12H2,1H3. The third-order valence-corrected chi connectivity index (χ3v) is 5.04. The summed E-state index contributed by atoms with van der Waals surface area (Å²) < 4.78 is 0. The first-order chi connectivity index (χ1) is 9.31. The lowest BCUT2D eigenvalue weighted by Crippen LogP contribution is -2.51. The van der Waals surface area contributed by atoms with E-state index in [4.69, 9.17) is 5.11 Å². The van der Waals surface area contributed by atoms with Gasteiger partial charge < -0.3 is 15.7 Å². The molecule has 1 heterocycles. The minimum Gasteiger partial charge on any atom is -0.396 e. The van der Waals surface area contributed by atoms with Crippen molar-refractivity contribution in [1.82, 2.24) is 10.6 Å². The number of rotatable bonds is 6. The molecule has 0 spiro atoms. The van der Waals surface area contributed by atoms with E-state index in [2.05, 4.69) is 17.6 Å². The summed E-state index contributed by atoms with van der Waals surface area (Å²) in [6.07, 6.45) is 10.6. The second-order valence-corrected chi connectivity index (χ2v) is 6.64. The molecule has 3 heteroatoms. The highest BCUT2D eigenvalue weighted by Crippen LogP contribution is 2.30. The quantitative estimate of drug-likeness (QED) is 0.692. The largest absolute Gasteiger partial charge is 0.396 e. The van der Waals surface area contributed by atoms with Crippen molar-refractivity contribution in [2.75, 3.05) is 19.7 Å². The van der Waals surface area contributed by atoms with Gasteiger partial charge >= 0.3 is 0 Å². The fourth-order valence-corrected chi connectivity index (χ4v) is 3.81. The summed E-state index contributed by atoms with van der Waals surface area (Å²) in [5, 5.41) is 16.5. The Labute approximate surface area is 118 Å². The predicted octanol–water partition coefficient (Wildman–Crippen LogP) is 2.30. The second-order valence-electron chi connectivity index (χ2n) is 6.64. The monoisotopic (exact) mass is 268 g/mol. The van der Waals surface area contributed by atoms with E-state index >= 15 is 0 Å². The van der Waals surface area contributed by atoms with Crippen LogP contribution < -0.4 is 10.6 Å². The Kier molecular flexibility index (Phi) is 6.62. The Morgan fingerprint density at radius 2 is 1.95 bits per heavy atom. The van der Waals surface area contributed by atoms with Crippen LogP contribution in [0.25, 0.3) is 0 Å². The first-order valence-electron chi connectivity index (χ1n) is 8.39. The van der Waals surface area contributed by atoms with Crippen LogP contribution in [0, 0.1) is 11.8 Å². The van der Waals surface area contributed by atoms with Crippen LogP contribution >= 0.6 is 0 Å². The molecule has 4 unspecified atom stereocenters. The van der Waals surface area contributed by atoms with E-state index in [9.17, 15) is 0 Å². The molecule has 2 aliphatic rings. The van der Waals surface area contributed by atoms with Gasteiger partial charge in [-0.15, -0.1) is 0 Å². The zero-order valence-corrected chi connectivity index (χ0v) is 12.5. The third-order valence-electron chi connectivity index (χ3n) is 5.04. The molecule has 0 amide bonds. The first kappa shape index (κ1) is 15.3. The number of hydrogen-bond donors (Lipinski definition) is 3. The van der Waals surface area contributed by atoms with Gasteiger partial charge in [-0.05, 0) is 57.0 Å². The smallest absolute Gasteiger partial charge is 0.0434 e. The molecule has 2 fully saturated rings. The lowest BCUT2D eigenvalue weighted by Gasteiger charge is -2.40. The van der Waals surface area contributed by atoms with Crippen molar-refractivity contribution in [2.45, 2.75) is 70.4 Å². The highest BCUT2D eigenvalue weighted by molar-refractivity contribution is 4.90. The Balaban J connectivity index is 1.81. The van der Waals surface area contributed by atoms with Gasteiger partial charge in [0.25, 0.3) is 0 Å². The number of aliphatic hydroxyl groups is 1. The Hall–Kier alpha value is -0.120. The molecule has 2 rings (SSSR count). The van der Waals surface area contributed by atoms with Gasteiger partial charge in [0.15, 0.2) is 0 Å². The maximum Gasteiger partial charge on any atom is 0.0434 e. The van der Waals surface area contributed by atoms with Gasteiger partial charge in [-0.2, -0.15) is 0 Å². The second kappa shape index (κ2) is 8.23. The van der Waals surface area contributed by atoms with E-state index in [1.54, 1.807) is 0 Å². The minimum atomic E-state index is 0.321. The van der Waals surface area contributed by atoms with Crippen molar-refractivity contribution in [2.24, 2.45) is 11.8 Å². The molecule has 1 aliphatic heterocycles. The molecule has 0 aromatic carbocycles. The molecular formula is C16H32N2O. The average molecular weight is 268 g/mol.